The van der Waals surface area contributed by atoms with Gasteiger partial charge in [-0.1, -0.05) is 23.2 Å². The molecule has 9 nitrogen and oxygen atoms in total. The highest BCUT2D eigenvalue weighted by Crippen LogP contribution is 2.41. The largest absolute Gasteiger partial charge is 0.494 e. The molecule has 0 saturated heterocycles. The van der Waals surface area contributed by atoms with Gasteiger partial charge in [0.1, 0.15) is 10.8 Å². The topological polar surface area (TPSA) is 126 Å². The number of benzene rings is 1. The number of aromatic nitrogens is 2. The van der Waals surface area contributed by atoms with Crippen molar-refractivity contribution in [1.29, 1.82) is 0 Å². The van der Waals surface area contributed by atoms with E-state index in [4.69, 9.17) is 32.7 Å². The van der Waals surface area contributed by atoms with Gasteiger partial charge >= 0.3 is 5.69 Å². The Balaban J connectivity index is 2.17. The standard InChI is InChI=1S/C16H16Cl2N4O5/c1-7-9(15(24)21-16(25)20-7)5-11(23)22-19-6-8-4-10(17)14(27-3)12(18)13(8)26-2/h4,6H,5H2,1-3H3,(H,22,23)(H2,20,21,24,25)/b19-6-. The molecule has 3 N–H and O–H groups in total. The van der Waals surface area contributed by atoms with Gasteiger partial charge in [0.2, 0.25) is 5.91 Å². The number of carbonyl (C=O) groups excluding carboxylic acids is 1. The smallest absolute Gasteiger partial charge is 0.325 e. The van der Waals surface area contributed by atoms with E-state index in [-0.39, 0.29) is 33.5 Å². The third-order valence-corrected chi connectivity index (χ3v) is 4.18. The van der Waals surface area contributed by atoms with E-state index < -0.39 is 17.2 Å². The molecule has 0 saturated carbocycles. The number of hydrogen-bond donors (Lipinski definition) is 3. The first-order chi connectivity index (χ1) is 12.8. The van der Waals surface area contributed by atoms with Crippen LogP contribution in [0.15, 0.2) is 20.8 Å². The molecule has 0 bridgehead atoms. The lowest BCUT2D eigenvalue weighted by atomic mass is 10.1. The number of methoxy groups -OCH3 is 2. The Hall–Kier alpha value is -2.78. The minimum absolute atomic E-state index is 0.135. The van der Waals surface area contributed by atoms with Crippen molar-refractivity contribution in [3.05, 3.63) is 53.8 Å². The number of amides is 1. The van der Waals surface area contributed by atoms with E-state index in [2.05, 4.69) is 20.5 Å². The number of rotatable bonds is 6. The molecule has 0 fully saturated rings. The summed E-state index contributed by atoms with van der Waals surface area (Å²) in [6.45, 7) is 1.52. The third kappa shape index (κ3) is 4.69. The maximum absolute atomic E-state index is 12.0. The highest BCUT2D eigenvalue weighted by atomic mass is 35.5. The van der Waals surface area contributed by atoms with Crippen LogP contribution in [0.25, 0.3) is 0 Å². The van der Waals surface area contributed by atoms with Crippen molar-refractivity contribution >= 4 is 35.3 Å². The zero-order valence-electron chi connectivity index (χ0n) is 14.6. The Kier molecular flexibility index (Phi) is 6.65. The van der Waals surface area contributed by atoms with Gasteiger partial charge in [-0.3, -0.25) is 14.6 Å². The van der Waals surface area contributed by atoms with Crippen molar-refractivity contribution in [3.8, 4) is 11.5 Å². The van der Waals surface area contributed by atoms with Crippen molar-refractivity contribution in [2.24, 2.45) is 5.10 Å². The second-order valence-corrected chi connectivity index (χ2v) is 6.10. The molecule has 0 radical (unpaired) electrons. The fraction of sp³-hybridized carbons (Fsp3) is 0.250. The van der Waals surface area contributed by atoms with Crippen LogP contribution in [0.4, 0.5) is 0 Å². The van der Waals surface area contributed by atoms with Crippen LogP contribution in [0.2, 0.25) is 10.0 Å². The number of aromatic amines is 2. The maximum atomic E-state index is 12.0. The third-order valence-electron chi connectivity index (χ3n) is 3.55. The molecule has 2 aromatic rings. The SMILES string of the molecule is COc1c(Cl)cc(/C=N\NC(=O)Cc2c(C)[nH]c(=O)[nH]c2=O)c(OC)c1Cl. The highest BCUT2D eigenvalue weighted by Gasteiger charge is 2.16. The lowest BCUT2D eigenvalue weighted by Gasteiger charge is -2.12. The van der Waals surface area contributed by atoms with Crippen LogP contribution in [0.3, 0.4) is 0 Å². The number of aryl methyl sites for hydroxylation is 1. The number of H-pyrrole nitrogens is 2. The summed E-state index contributed by atoms with van der Waals surface area (Å²) in [6.07, 6.45) is 1.02. The van der Waals surface area contributed by atoms with E-state index in [1.165, 1.54) is 33.4 Å². The first kappa shape index (κ1) is 20.5. The molecule has 0 aliphatic carbocycles. The molecule has 0 atom stereocenters. The number of carbonyl (C=O) groups is 1. The summed E-state index contributed by atoms with van der Waals surface area (Å²) < 4.78 is 10.3. The summed E-state index contributed by atoms with van der Waals surface area (Å²) in [5, 5.41) is 4.22. The second kappa shape index (κ2) is 8.74. The predicted molar refractivity (Wildman–Crippen MR) is 101 cm³/mol. The van der Waals surface area contributed by atoms with Crippen molar-refractivity contribution in [1.82, 2.24) is 15.4 Å². The van der Waals surface area contributed by atoms with E-state index in [1.54, 1.807) is 0 Å². The first-order valence-electron chi connectivity index (χ1n) is 7.52. The lowest BCUT2D eigenvalue weighted by Crippen LogP contribution is -2.30. The Morgan fingerprint density at radius 1 is 1.22 bits per heavy atom. The van der Waals surface area contributed by atoms with Gasteiger partial charge in [-0.2, -0.15) is 5.10 Å². The van der Waals surface area contributed by atoms with E-state index in [1.807, 2.05) is 0 Å². The normalized spacial score (nSPS) is 10.9. The quantitative estimate of drug-likeness (QED) is 0.486. The zero-order chi connectivity index (χ0) is 20.1. The number of hydrogen-bond acceptors (Lipinski definition) is 6. The van der Waals surface area contributed by atoms with Gasteiger partial charge in [-0.05, 0) is 13.0 Å². The monoisotopic (exact) mass is 414 g/mol. The summed E-state index contributed by atoms with van der Waals surface area (Å²) in [5.74, 6) is -0.0375. The molecular weight excluding hydrogens is 399 g/mol. The number of ether oxygens (including phenoxy) is 2. The van der Waals surface area contributed by atoms with Crippen LogP contribution in [-0.2, 0) is 11.2 Å². The summed E-state index contributed by atoms with van der Waals surface area (Å²) >= 11 is 12.2. The van der Waals surface area contributed by atoms with Gasteiger partial charge in [0, 0.05) is 16.8 Å². The molecule has 0 aliphatic heterocycles. The van der Waals surface area contributed by atoms with Crippen LogP contribution in [0, 0.1) is 6.92 Å². The highest BCUT2D eigenvalue weighted by molar-refractivity contribution is 6.38. The van der Waals surface area contributed by atoms with Crippen molar-refractivity contribution in [3.63, 3.8) is 0 Å². The molecule has 27 heavy (non-hydrogen) atoms. The van der Waals surface area contributed by atoms with Gasteiger partial charge in [-0.25, -0.2) is 10.2 Å². The van der Waals surface area contributed by atoms with Gasteiger partial charge < -0.3 is 14.5 Å². The summed E-state index contributed by atoms with van der Waals surface area (Å²) in [7, 11) is 2.83. The maximum Gasteiger partial charge on any atom is 0.325 e. The second-order valence-electron chi connectivity index (χ2n) is 5.31. The fourth-order valence-electron chi connectivity index (χ4n) is 2.31. The zero-order valence-corrected chi connectivity index (χ0v) is 16.1. The lowest BCUT2D eigenvalue weighted by molar-refractivity contribution is -0.120. The molecule has 1 amide bonds. The fourth-order valence-corrected chi connectivity index (χ4v) is 3.01. The van der Waals surface area contributed by atoms with Crippen LogP contribution in [0.1, 0.15) is 16.8 Å². The molecule has 0 spiro atoms. The molecule has 0 aliphatic rings. The minimum Gasteiger partial charge on any atom is -0.494 e. The molecule has 11 heteroatoms. The summed E-state index contributed by atoms with van der Waals surface area (Å²) in [4.78, 5) is 39.4. The van der Waals surface area contributed by atoms with Gasteiger partial charge in [0.15, 0.2) is 5.75 Å². The van der Waals surface area contributed by atoms with Crippen molar-refractivity contribution < 1.29 is 14.3 Å². The number of hydrazone groups is 1. The molecule has 2 rings (SSSR count). The molecule has 1 heterocycles. The van der Waals surface area contributed by atoms with Crippen LogP contribution < -0.4 is 26.1 Å². The molecule has 1 aromatic heterocycles. The van der Waals surface area contributed by atoms with E-state index >= 15 is 0 Å². The summed E-state index contributed by atoms with van der Waals surface area (Å²) in [6, 6.07) is 1.51. The first-order valence-corrected chi connectivity index (χ1v) is 8.28. The van der Waals surface area contributed by atoms with Gasteiger partial charge in [-0.15, -0.1) is 0 Å². The van der Waals surface area contributed by atoms with E-state index in [0.717, 1.165) is 0 Å². The van der Waals surface area contributed by atoms with Crippen molar-refractivity contribution in [2.45, 2.75) is 13.3 Å². The Labute approximate surface area is 163 Å². The van der Waals surface area contributed by atoms with E-state index in [0.29, 0.717) is 11.3 Å². The van der Waals surface area contributed by atoms with Crippen LogP contribution in [0.5, 0.6) is 11.5 Å². The van der Waals surface area contributed by atoms with Crippen LogP contribution in [-0.4, -0.2) is 36.3 Å². The van der Waals surface area contributed by atoms with Gasteiger partial charge in [0.25, 0.3) is 5.56 Å². The number of nitrogens with zero attached hydrogens (tertiary/aromatic N) is 1. The van der Waals surface area contributed by atoms with E-state index in [9.17, 15) is 14.4 Å². The van der Waals surface area contributed by atoms with Crippen molar-refractivity contribution in [2.75, 3.05) is 14.2 Å². The predicted octanol–water partition coefficient (Wildman–Crippen LogP) is 1.39. The number of nitrogens with one attached hydrogen (secondary N) is 3. The Bertz CT molecular complexity index is 1010. The molecule has 1 aromatic carbocycles. The number of halogens is 2. The molecule has 144 valence electrons. The average molecular weight is 415 g/mol. The van der Waals surface area contributed by atoms with Gasteiger partial charge in [0.05, 0.1) is 31.9 Å². The summed E-state index contributed by atoms with van der Waals surface area (Å²) in [5.41, 5.74) is 1.86. The Morgan fingerprint density at radius 3 is 2.48 bits per heavy atom. The Morgan fingerprint density at radius 2 is 1.89 bits per heavy atom. The molecular formula is C16H16Cl2N4O5. The molecule has 0 unspecified atom stereocenters. The minimum atomic E-state index is -0.639. The van der Waals surface area contributed by atoms with Crippen LogP contribution >= 0.6 is 23.2 Å². The average Bonchev–Trinajstić information content (AvgIpc) is 2.58.